The summed E-state index contributed by atoms with van der Waals surface area (Å²) in [6, 6.07) is 17.2. The summed E-state index contributed by atoms with van der Waals surface area (Å²) < 4.78 is 0. The molecule has 1 aliphatic heterocycles. The molecule has 1 saturated heterocycles. The highest BCUT2D eigenvalue weighted by Crippen LogP contribution is 2.13. The molecule has 0 aliphatic carbocycles. The monoisotopic (exact) mass is 419 g/mol. The lowest BCUT2D eigenvalue weighted by molar-refractivity contribution is -0.136. The third-order valence-electron chi connectivity index (χ3n) is 5.77. The molecule has 1 aliphatic rings. The van der Waals surface area contributed by atoms with Crippen LogP contribution in [0.4, 0.5) is 0 Å². The second kappa shape index (κ2) is 10.9. The number of carbonyl (C=O) groups excluding carboxylic acids is 2. The Balaban J connectivity index is 1.53. The number of benzene rings is 2. The van der Waals surface area contributed by atoms with Crippen molar-refractivity contribution in [1.29, 1.82) is 0 Å². The minimum Gasteiger partial charge on any atom is -0.340 e. The molecule has 1 heterocycles. The minimum absolute atomic E-state index is 0.0106. The first-order valence-electron chi connectivity index (χ1n) is 11.0. The van der Waals surface area contributed by atoms with Gasteiger partial charge < -0.3 is 10.2 Å². The van der Waals surface area contributed by atoms with Crippen LogP contribution in [0.2, 0.25) is 0 Å². The van der Waals surface area contributed by atoms with E-state index in [9.17, 15) is 9.59 Å². The smallest absolute Gasteiger partial charge is 0.252 e. The molecule has 5 nitrogen and oxygen atoms in total. The lowest BCUT2D eigenvalue weighted by atomic mass is 10.0. The zero-order valence-corrected chi connectivity index (χ0v) is 18.8. The fraction of sp³-hybridized carbons (Fsp3) is 0.385. The molecule has 1 fully saturated rings. The third-order valence-corrected chi connectivity index (χ3v) is 5.77. The number of hydrogen-bond acceptors (Lipinski definition) is 3. The second-order valence-electron chi connectivity index (χ2n) is 8.45. The number of aryl methyl sites for hydroxylation is 1. The summed E-state index contributed by atoms with van der Waals surface area (Å²) in [7, 11) is 0. The van der Waals surface area contributed by atoms with Crippen molar-refractivity contribution in [2.24, 2.45) is 5.92 Å². The Morgan fingerprint density at radius 1 is 0.968 bits per heavy atom. The van der Waals surface area contributed by atoms with Crippen LogP contribution in [0.15, 0.2) is 60.7 Å². The van der Waals surface area contributed by atoms with E-state index in [0.717, 1.165) is 25.2 Å². The van der Waals surface area contributed by atoms with Gasteiger partial charge in [-0.05, 0) is 30.0 Å². The molecule has 2 amide bonds. The van der Waals surface area contributed by atoms with Crippen molar-refractivity contribution in [3.05, 3.63) is 77.4 Å². The SMILES string of the molecule is Cc1ccccc1C(=O)NC(C(=O)N1CCN(C/C=C/c2ccccc2)CC1)C(C)C. The van der Waals surface area contributed by atoms with Crippen LogP contribution >= 0.6 is 0 Å². The van der Waals surface area contributed by atoms with Crippen LogP contribution in [0.3, 0.4) is 0 Å². The largest absolute Gasteiger partial charge is 0.340 e. The second-order valence-corrected chi connectivity index (χ2v) is 8.45. The summed E-state index contributed by atoms with van der Waals surface area (Å²) in [5, 5.41) is 2.98. The van der Waals surface area contributed by atoms with Crippen LogP contribution in [0.1, 0.15) is 35.3 Å². The molecule has 3 rings (SSSR count). The number of amides is 2. The standard InChI is InChI=1S/C26H33N3O2/c1-20(2)24(27-25(30)23-14-8-7-10-21(23)3)26(31)29-18-16-28(17-19-29)15-9-13-22-11-5-4-6-12-22/h4-14,20,24H,15-19H2,1-3H3,(H,27,30)/b13-9+. The van der Waals surface area contributed by atoms with Gasteiger partial charge in [0.1, 0.15) is 6.04 Å². The van der Waals surface area contributed by atoms with Crippen molar-refractivity contribution in [1.82, 2.24) is 15.1 Å². The fourth-order valence-electron chi connectivity index (χ4n) is 3.81. The van der Waals surface area contributed by atoms with Gasteiger partial charge in [0.15, 0.2) is 0 Å². The summed E-state index contributed by atoms with van der Waals surface area (Å²) >= 11 is 0. The van der Waals surface area contributed by atoms with E-state index in [1.54, 1.807) is 6.07 Å². The van der Waals surface area contributed by atoms with Gasteiger partial charge in [0.05, 0.1) is 0 Å². The van der Waals surface area contributed by atoms with Gasteiger partial charge in [0.2, 0.25) is 5.91 Å². The van der Waals surface area contributed by atoms with Gasteiger partial charge in [-0.3, -0.25) is 14.5 Å². The van der Waals surface area contributed by atoms with E-state index in [-0.39, 0.29) is 17.7 Å². The van der Waals surface area contributed by atoms with E-state index in [2.05, 4.69) is 34.5 Å². The molecule has 164 valence electrons. The molecule has 5 heteroatoms. The molecule has 1 N–H and O–H groups in total. The molecule has 1 atom stereocenters. The van der Waals surface area contributed by atoms with E-state index in [1.807, 2.05) is 62.1 Å². The summed E-state index contributed by atoms with van der Waals surface area (Å²) in [4.78, 5) is 30.2. The summed E-state index contributed by atoms with van der Waals surface area (Å²) in [6.45, 7) is 9.77. The number of nitrogens with zero attached hydrogens (tertiary/aromatic N) is 2. The van der Waals surface area contributed by atoms with Crippen molar-refractivity contribution in [2.45, 2.75) is 26.8 Å². The van der Waals surface area contributed by atoms with Crippen molar-refractivity contribution in [2.75, 3.05) is 32.7 Å². The minimum atomic E-state index is -0.517. The molecule has 0 aromatic heterocycles. The first-order chi connectivity index (χ1) is 15.0. The van der Waals surface area contributed by atoms with Crippen LogP contribution in [0.5, 0.6) is 0 Å². The Labute approximate surface area is 185 Å². The van der Waals surface area contributed by atoms with Gasteiger partial charge in [0, 0.05) is 38.3 Å². The maximum Gasteiger partial charge on any atom is 0.252 e. The van der Waals surface area contributed by atoms with E-state index >= 15 is 0 Å². The number of carbonyl (C=O) groups is 2. The maximum atomic E-state index is 13.2. The van der Waals surface area contributed by atoms with E-state index in [1.165, 1.54) is 5.56 Å². The van der Waals surface area contributed by atoms with Gasteiger partial charge in [-0.25, -0.2) is 0 Å². The number of piperazine rings is 1. The molecule has 31 heavy (non-hydrogen) atoms. The van der Waals surface area contributed by atoms with Gasteiger partial charge in [-0.1, -0.05) is 74.5 Å². The lowest BCUT2D eigenvalue weighted by Gasteiger charge is -2.37. The maximum absolute atomic E-state index is 13.2. The van der Waals surface area contributed by atoms with Crippen molar-refractivity contribution in [3.8, 4) is 0 Å². The van der Waals surface area contributed by atoms with Gasteiger partial charge in [-0.15, -0.1) is 0 Å². The zero-order valence-electron chi connectivity index (χ0n) is 18.8. The highest BCUT2D eigenvalue weighted by molar-refractivity contribution is 5.98. The fourth-order valence-corrected chi connectivity index (χ4v) is 3.81. The topological polar surface area (TPSA) is 52.7 Å². The Morgan fingerprint density at radius 3 is 2.26 bits per heavy atom. The summed E-state index contributed by atoms with van der Waals surface area (Å²) in [5.41, 5.74) is 2.73. The third kappa shape index (κ3) is 6.28. The molecule has 0 bridgehead atoms. The molecule has 2 aromatic rings. The predicted molar refractivity (Wildman–Crippen MR) is 126 cm³/mol. The molecule has 1 unspecified atom stereocenters. The first-order valence-corrected chi connectivity index (χ1v) is 11.0. The molecule has 0 spiro atoms. The average molecular weight is 420 g/mol. The Hall–Kier alpha value is -2.92. The van der Waals surface area contributed by atoms with Crippen LogP contribution in [-0.2, 0) is 4.79 Å². The normalized spacial score (nSPS) is 15.9. The molecule has 2 aromatic carbocycles. The lowest BCUT2D eigenvalue weighted by Crippen LogP contribution is -2.56. The molecule has 0 saturated carbocycles. The van der Waals surface area contributed by atoms with Crippen LogP contribution in [0, 0.1) is 12.8 Å². The Bertz CT molecular complexity index is 900. The zero-order chi connectivity index (χ0) is 22.2. The van der Waals surface area contributed by atoms with E-state index < -0.39 is 6.04 Å². The van der Waals surface area contributed by atoms with Crippen molar-refractivity contribution < 1.29 is 9.59 Å². The predicted octanol–water partition coefficient (Wildman–Crippen LogP) is 3.61. The average Bonchev–Trinajstić information content (AvgIpc) is 2.78. The van der Waals surface area contributed by atoms with Gasteiger partial charge in [-0.2, -0.15) is 0 Å². The van der Waals surface area contributed by atoms with E-state index in [4.69, 9.17) is 0 Å². The molecular weight excluding hydrogens is 386 g/mol. The van der Waals surface area contributed by atoms with Crippen LogP contribution < -0.4 is 5.32 Å². The Kier molecular flexibility index (Phi) is 8.01. The quantitative estimate of drug-likeness (QED) is 0.746. The number of hydrogen-bond donors (Lipinski definition) is 1. The van der Waals surface area contributed by atoms with Crippen LogP contribution in [0.25, 0.3) is 6.08 Å². The van der Waals surface area contributed by atoms with Gasteiger partial charge >= 0.3 is 0 Å². The number of nitrogens with one attached hydrogen (secondary N) is 1. The highest BCUT2D eigenvalue weighted by Gasteiger charge is 2.31. The van der Waals surface area contributed by atoms with E-state index in [0.29, 0.717) is 18.7 Å². The summed E-state index contributed by atoms with van der Waals surface area (Å²) in [5.74, 6) is -0.154. The first kappa shape index (κ1) is 22.8. The van der Waals surface area contributed by atoms with Crippen LogP contribution in [-0.4, -0.2) is 60.4 Å². The molecular formula is C26H33N3O2. The molecule has 0 radical (unpaired) electrons. The van der Waals surface area contributed by atoms with Gasteiger partial charge in [0.25, 0.3) is 5.91 Å². The van der Waals surface area contributed by atoms with Crippen molar-refractivity contribution in [3.63, 3.8) is 0 Å². The number of rotatable bonds is 7. The van der Waals surface area contributed by atoms with Crippen molar-refractivity contribution >= 4 is 17.9 Å². The summed E-state index contributed by atoms with van der Waals surface area (Å²) in [6.07, 6.45) is 4.31. The highest BCUT2D eigenvalue weighted by atomic mass is 16.2. The Morgan fingerprint density at radius 2 is 1.61 bits per heavy atom.